The lowest BCUT2D eigenvalue weighted by Gasteiger charge is -2.17. The van der Waals surface area contributed by atoms with Gasteiger partial charge in [-0.3, -0.25) is 19.4 Å². The molecule has 2 aromatic carbocycles. The highest BCUT2D eigenvalue weighted by molar-refractivity contribution is 6.14. The minimum atomic E-state index is -0.148. The van der Waals surface area contributed by atoms with Gasteiger partial charge in [-0.25, -0.2) is 0 Å². The van der Waals surface area contributed by atoms with Gasteiger partial charge in [0.15, 0.2) is 11.0 Å². The lowest BCUT2D eigenvalue weighted by molar-refractivity contribution is 0.242. The van der Waals surface area contributed by atoms with Crippen LogP contribution >= 0.6 is 0 Å². The van der Waals surface area contributed by atoms with Gasteiger partial charge in [0.05, 0.1) is 23.0 Å². The molecule has 35 heavy (non-hydrogen) atoms. The first-order valence-electron chi connectivity index (χ1n) is 12.5. The maximum Gasteiger partial charge on any atom is 0.274 e. The van der Waals surface area contributed by atoms with Gasteiger partial charge in [0.1, 0.15) is 17.0 Å². The van der Waals surface area contributed by atoms with Gasteiger partial charge in [0, 0.05) is 17.0 Å². The van der Waals surface area contributed by atoms with Crippen LogP contribution in [0, 0.1) is 0 Å². The second kappa shape index (κ2) is 8.48. The summed E-state index contributed by atoms with van der Waals surface area (Å²) in [6.45, 7) is 3.98. The van der Waals surface area contributed by atoms with Crippen molar-refractivity contribution < 1.29 is 9.15 Å². The summed E-state index contributed by atoms with van der Waals surface area (Å²) in [5.41, 5.74) is 3.95. The van der Waals surface area contributed by atoms with Crippen molar-refractivity contribution in [2.45, 2.75) is 64.5 Å². The van der Waals surface area contributed by atoms with E-state index in [0.29, 0.717) is 16.6 Å². The first kappa shape index (κ1) is 21.8. The molecule has 1 aliphatic carbocycles. The van der Waals surface area contributed by atoms with Crippen molar-refractivity contribution in [1.29, 1.82) is 0 Å². The van der Waals surface area contributed by atoms with Gasteiger partial charge in [-0.05, 0) is 56.5 Å². The van der Waals surface area contributed by atoms with Crippen molar-refractivity contribution >= 4 is 33.1 Å². The van der Waals surface area contributed by atoms with E-state index < -0.39 is 0 Å². The standard InChI is InChI=1S/C28H29N3O4/c1-16(2)34-20-12-9-17(10-13-20)23-24-27(31(30-28(24)33)18-7-5-3-4-6-8-18)29-25-21-14-11-19(32)15-22(21)35-26(23)25/h9-16,18,29H,3-8H2,1-2H3,(H,30,33). The molecule has 0 aliphatic heterocycles. The molecule has 0 bridgehead atoms. The van der Waals surface area contributed by atoms with Crippen LogP contribution in [0.3, 0.4) is 0 Å². The summed E-state index contributed by atoms with van der Waals surface area (Å²) in [5.74, 6) is 0.768. The second-order valence-corrected chi connectivity index (χ2v) is 9.84. The Labute approximate surface area is 201 Å². The fraction of sp³-hybridized carbons (Fsp3) is 0.357. The zero-order chi connectivity index (χ0) is 24.1. The fourth-order valence-corrected chi connectivity index (χ4v) is 5.45. The number of benzene rings is 2. The molecule has 0 unspecified atom stereocenters. The summed E-state index contributed by atoms with van der Waals surface area (Å²) in [4.78, 5) is 29.0. The van der Waals surface area contributed by atoms with Crippen molar-refractivity contribution in [2.75, 3.05) is 0 Å². The quantitative estimate of drug-likeness (QED) is 0.302. The summed E-state index contributed by atoms with van der Waals surface area (Å²) in [7, 11) is 0. The number of ether oxygens (including phenoxy) is 1. The maximum atomic E-state index is 13.4. The molecule has 0 radical (unpaired) electrons. The highest BCUT2D eigenvalue weighted by atomic mass is 16.5. The zero-order valence-electron chi connectivity index (χ0n) is 20.0. The van der Waals surface area contributed by atoms with Crippen molar-refractivity contribution in [1.82, 2.24) is 14.8 Å². The van der Waals surface area contributed by atoms with Crippen LogP contribution < -0.4 is 15.7 Å². The molecule has 5 aromatic rings. The monoisotopic (exact) mass is 471 g/mol. The van der Waals surface area contributed by atoms with Crippen LogP contribution in [-0.4, -0.2) is 20.9 Å². The molecule has 0 atom stereocenters. The van der Waals surface area contributed by atoms with Crippen LogP contribution in [-0.2, 0) is 0 Å². The molecule has 180 valence electrons. The zero-order valence-corrected chi connectivity index (χ0v) is 20.0. The number of furan rings is 1. The number of hydrogen-bond donors (Lipinski definition) is 2. The summed E-state index contributed by atoms with van der Waals surface area (Å²) < 4.78 is 14.1. The highest BCUT2D eigenvalue weighted by Gasteiger charge is 2.25. The number of aromatic nitrogens is 3. The van der Waals surface area contributed by atoms with E-state index in [-0.39, 0.29) is 23.1 Å². The lowest BCUT2D eigenvalue weighted by atomic mass is 10.0. The number of fused-ring (bicyclic) bond motifs is 4. The van der Waals surface area contributed by atoms with E-state index in [1.165, 1.54) is 18.9 Å². The van der Waals surface area contributed by atoms with Gasteiger partial charge >= 0.3 is 0 Å². The molecule has 3 heterocycles. The average molecular weight is 472 g/mol. The number of aromatic amines is 2. The van der Waals surface area contributed by atoms with Crippen molar-refractivity contribution in [3.8, 4) is 16.9 Å². The van der Waals surface area contributed by atoms with Crippen molar-refractivity contribution in [2.24, 2.45) is 0 Å². The van der Waals surface area contributed by atoms with Crippen LogP contribution in [0.5, 0.6) is 5.75 Å². The second-order valence-electron chi connectivity index (χ2n) is 9.84. The Bertz CT molecular complexity index is 1640. The minimum absolute atomic E-state index is 0.0682. The molecule has 0 spiro atoms. The van der Waals surface area contributed by atoms with E-state index in [0.717, 1.165) is 59.1 Å². The molecule has 1 saturated carbocycles. The Morgan fingerprint density at radius 2 is 1.74 bits per heavy atom. The van der Waals surface area contributed by atoms with E-state index >= 15 is 0 Å². The Morgan fingerprint density at radius 1 is 1.00 bits per heavy atom. The number of pyridine rings is 1. The number of H-pyrrole nitrogens is 2. The third-order valence-corrected chi connectivity index (χ3v) is 7.01. The highest BCUT2D eigenvalue weighted by Crippen LogP contribution is 2.39. The molecule has 6 rings (SSSR count). The number of rotatable bonds is 4. The van der Waals surface area contributed by atoms with Gasteiger partial charge in [-0.2, -0.15) is 0 Å². The number of nitrogens with zero attached hydrogens (tertiary/aromatic N) is 1. The van der Waals surface area contributed by atoms with Crippen molar-refractivity contribution in [3.05, 3.63) is 63.0 Å². The lowest BCUT2D eigenvalue weighted by Crippen LogP contribution is -2.13. The van der Waals surface area contributed by atoms with Crippen LogP contribution in [0.2, 0.25) is 0 Å². The molecule has 2 N–H and O–H groups in total. The van der Waals surface area contributed by atoms with E-state index in [1.54, 1.807) is 12.1 Å². The summed E-state index contributed by atoms with van der Waals surface area (Å²) >= 11 is 0. The van der Waals surface area contributed by atoms with Crippen LogP contribution in [0.1, 0.15) is 58.4 Å². The predicted octanol–water partition coefficient (Wildman–Crippen LogP) is 6.27. The van der Waals surface area contributed by atoms with Crippen LogP contribution in [0.15, 0.2) is 56.5 Å². The fourth-order valence-electron chi connectivity index (χ4n) is 5.45. The van der Waals surface area contributed by atoms with Crippen molar-refractivity contribution in [3.63, 3.8) is 0 Å². The molecule has 1 fully saturated rings. The third kappa shape index (κ3) is 3.75. The molecule has 1 aliphatic rings. The number of hydrogen-bond acceptors (Lipinski definition) is 4. The minimum Gasteiger partial charge on any atom is -0.491 e. The first-order chi connectivity index (χ1) is 17.0. The molecule has 0 amide bonds. The van der Waals surface area contributed by atoms with Gasteiger partial charge in [-0.15, -0.1) is 0 Å². The third-order valence-electron chi connectivity index (χ3n) is 7.01. The summed E-state index contributed by atoms with van der Waals surface area (Å²) in [6, 6.07) is 12.8. The van der Waals surface area contributed by atoms with Gasteiger partial charge in [0.25, 0.3) is 5.56 Å². The van der Waals surface area contributed by atoms with E-state index in [1.807, 2.05) is 42.8 Å². The SMILES string of the molecule is CC(C)Oc1ccc(-c2c3oc4cc(=O)ccc4c3[nH]c3c2c(=O)[nH]n3C2CCCCCC2)cc1. The van der Waals surface area contributed by atoms with Gasteiger partial charge in [0.2, 0.25) is 0 Å². The van der Waals surface area contributed by atoms with E-state index in [9.17, 15) is 9.59 Å². The van der Waals surface area contributed by atoms with Crippen LogP contribution in [0.4, 0.5) is 0 Å². The molecular weight excluding hydrogens is 442 g/mol. The molecule has 3 aromatic heterocycles. The largest absolute Gasteiger partial charge is 0.491 e. The smallest absolute Gasteiger partial charge is 0.274 e. The van der Waals surface area contributed by atoms with E-state index in [4.69, 9.17) is 9.15 Å². The molecule has 7 nitrogen and oxygen atoms in total. The molecular formula is C28H29N3O4. The van der Waals surface area contributed by atoms with E-state index in [2.05, 4.69) is 10.1 Å². The summed E-state index contributed by atoms with van der Waals surface area (Å²) in [5, 5.41) is 4.53. The molecule has 7 heteroatoms. The average Bonchev–Trinajstić information content (AvgIpc) is 3.21. The predicted molar refractivity (Wildman–Crippen MR) is 138 cm³/mol. The maximum absolute atomic E-state index is 13.4. The topological polar surface area (TPSA) is 93.0 Å². The Balaban J connectivity index is 1.66. The van der Waals surface area contributed by atoms with Gasteiger partial charge < -0.3 is 14.1 Å². The summed E-state index contributed by atoms with van der Waals surface area (Å²) in [6.07, 6.45) is 6.90. The normalized spacial score (nSPS) is 15.4. The first-order valence-corrected chi connectivity index (χ1v) is 12.5. The Kier molecular flexibility index (Phi) is 5.28. The van der Waals surface area contributed by atoms with Gasteiger partial charge in [-0.1, -0.05) is 37.8 Å². The molecule has 0 saturated heterocycles. The Morgan fingerprint density at radius 3 is 2.46 bits per heavy atom. The van der Waals surface area contributed by atoms with Crippen LogP contribution in [0.25, 0.3) is 44.2 Å². The number of nitrogens with one attached hydrogen (secondary N) is 2. The Hall–Kier alpha value is -3.74.